The van der Waals surface area contributed by atoms with Gasteiger partial charge in [0.1, 0.15) is 5.75 Å². The van der Waals surface area contributed by atoms with E-state index in [1.807, 2.05) is 43.3 Å². The fourth-order valence-electron chi connectivity index (χ4n) is 2.16. The number of methoxy groups -OCH3 is 2. The quantitative estimate of drug-likeness (QED) is 0.911. The van der Waals surface area contributed by atoms with Crippen LogP contribution in [0.3, 0.4) is 0 Å². The maximum absolute atomic E-state index is 12.3. The topological polar surface area (TPSA) is 47.6 Å². The van der Waals surface area contributed by atoms with Crippen LogP contribution < -0.4 is 10.1 Å². The van der Waals surface area contributed by atoms with Crippen molar-refractivity contribution in [1.29, 1.82) is 0 Å². The number of nitrogens with one attached hydrogen (secondary N) is 1. The Morgan fingerprint density at radius 1 is 1.20 bits per heavy atom. The summed E-state index contributed by atoms with van der Waals surface area (Å²) in [5.41, 5.74) is 0.536. The normalized spacial score (nSPS) is 12.2. The summed E-state index contributed by atoms with van der Waals surface area (Å²) in [5.74, 6) is 0.419. The number of hydrogen-bond donors (Lipinski definition) is 1. The molecule has 0 aliphatic carbocycles. The number of carbonyl (C=O) groups is 1. The molecule has 0 saturated heterocycles. The van der Waals surface area contributed by atoms with Gasteiger partial charge in [-0.05, 0) is 29.8 Å². The molecule has 0 aliphatic heterocycles. The summed E-state index contributed by atoms with van der Waals surface area (Å²) in [5, 5.41) is 4.95. The van der Waals surface area contributed by atoms with Crippen LogP contribution in [0.15, 0.2) is 36.4 Å². The van der Waals surface area contributed by atoms with Crippen LogP contribution in [-0.2, 0) is 4.74 Å². The van der Waals surface area contributed by atoms with Crippen LogP contribution in [0.2, 0.25) is 0 Å². The van der Waals surface area contributed by atoms with Gasteiger partial charge in [0.2, 0.25) is 0 Å². The molecule has 4 nitrogen and oxygen atoms in total. The van der Waals surface area contributed by atoms with Crippen molar-refractivity contribution in [3.63, 3.8) is 0 Å². The fraction of sp³-hybridized carbons (Fsp3) is 0.312. The molecule has 1 atom stereocenters. The molecule has 4 heteroatoms. The third-order valence-corrected chi connectivity index (χ3v) is 3.11. The van der Waals surface area contributed by atoms with Crippen LogP contribution in [0.1, 0.15) is 17.3 Å². The molecule has 1 unspecified atom stereocenters. The molecule has 0 aliphatic rings. The average Bonchev–Trinajstić information content (AvgIpc) is 2.45. The van der Waals surface area contributed by atoms with Crippen molar-refractivity contribution in [3.05, 3.63) is 42.0 Å². The van der Waals surface area contributed by atoms with Gasteiger partial charge in [0.15, 0.2) is 0 Å². The van der Waals surface area contributed by atoms with Gasteiger partial charge < -0.3 is 14.8 Å². The minimum atomic E-state index is -0.155. The van der Waals surface area contributed by atoms with Crippen molar-refractivity contribution in [3.8, 4) is 5.75 Å². The molecule has 1 N–H and O–H groups in total. The summed E-state index contributed by atoms with van der Waals surface area (Å²) in [6.07, 6.45) is 0. The predicted octanol–water partition coefficient (Wildman–Crippen LogP) is 2.61. The number of amides is 1. The highest BCUT2D eigenvalue weighted by Crippen LogP contribution is 2.25. The molecular formula is C16H19NO3. The van der Waals surface area contributed by atoms with Gasteiger partial charge in [0.05, 0.1) is 19.3 Å². The Balaban J connectivity index is 2.34. The van der Waals surface area contributed by atoms with Gasteiger partial charge in [-0.25, -0.2) is 0 Å². The Bertz CT molecular complexity index is 610. The molecule has 0 bridgehead atoms. The molecule has 20 heavy (non-hydrogen) atoms. The van der Waals surface area contributed by atoms with E-state index in [0.29, 0.717) is 17.9 Å². The van der Waals surface area contributed by atoms with Gasteiger partial charge in [-0.15, -0.1) is 0 Å². The monoisotopic (exact) mass is 273 g/mol. The smallest absolute Gasteiger partial charge is 0.255 e. The lowest BCUT2D eigenvalue weighted by atomic mass is 10.1. The first-order chi connectivity index (χ1) is 9.65. The fourth-order valence-corrected chi connectivity index (χ4v) is 2.16. The molecule has 0 spiro atoms. The molecule has 0 radical (unpaired) electrons. The highest BCUT2D eigenvalue weighted by atomic mass is 16.5. The lowest BCUT2D eigenvalue weighted by Crippen LogP contribution is -2.35. The van der Waals surface area contributed by atoms with E-state index in [2.05, 4.69) is 5.32 Å². The molecule has 1 amide bonds. The molecule has 2 aromatic carbocycles. The summed E-state index contributed by atoms with van der Waals surface area (Å²) in [7, 11) is 3.18. The lowest BCUT2D eigenvalue weighted by molar-refractivity contribution is 0.0903. The van der Waals surface area contributed by atoms with Gasteiger partial charge in [-0.1, -0.05) is 24.3 Å². The Morgan fingerprint density at radius 2 is 1.85 bits per heavy atom. The van der Waals surface area contributed by atoms with Crippen LogP contribution in [0.25, 0.3) is 10.8 Å². The van der Waals surface area contributed by atoms with Gasteiger partial charge >= 0.3 is 0 Å². The van der Waals surface area contributed by atoms with Crippen molar-refractivity contribution in [2.24, 2.45) is 0 Å². The number of fused-ring (bicyclic) bond motifs is 1. The second kappa shape index (κ2) is 6.39. The third kappa shape index (κ3) is 3.08. The Hall–Kier alpha value is -2.07. The summed E-state index contributed by atoms with van der Waals surface area (Å²) >= 11 is 0. The van der Waals surface area contributed by atoms with Crippen molar-refractivity contribution < 1.29 is 14.3 Å². The SMILES string of the molecule is COCC(C)NC(=O)c1cc2ccccc2cc1OC. The van der Waals surface area contributed by atoms with Crippen molar-refractivity contribution >= 4 is 16.7 Å². The largest absolute Gasteiger partial charge is 0.496 e. The predicted molar refractivity (Wildman–Crippen MR) is 79.3 cm³/mol. The summed E-state index contributed by atoms with van der Waals surface area (Å²) in [6, 6.07) is 11.6. The average molecular weight is 273 g/mol. The van der Waals surface area contributed by atoms with E-state index >= 15 is 0 Å². The summed E-state index contributed by atoms with van der Waals surface area (Å²) in [6.45, 7) is 2.37. The minimum Gasteiger partial charge on any atom is -0.496 e. The summed E-state index contributed by atoms with van der Waals surface area (Å²) < 4.78 is 10.3. The maximum atomic E-state index is 12.3. The standard InChI is InChI=1S/C16H19NO3/c1-11(10-19-2)17-16(18)14-8-12-6-4-5-7-13(12)9-15(14)20-3/h4-9,11H,10H2,1-3H3,(H,17,18). The molecule has 0 aromatic heterocycles. The van der Waals surface area contributed by atoms with Crippen molar-refractivity contribution in [1.82, 2.24) is 5.32 Å². The molecule has 0 fully saturated rings. The number of benzene rings is 2. The molecule has 0 heterocycles. The number of rotatable bonds is 5. The first-order valence-corrected chi connectivity index (χ1v) is 6.52. The highest BCUT2D eigenvalue weighted by Gasteiger charge is 2.15. The van der Waals surface area contributed by atoms with E-state index in [9.17, 15) is 4.79 Å². The lowest BCUT2D eigenvalue weighted by Gasteiger charge is -2.15. The third-order valence-electron chi connectivity index (χ3n) is 3.11. The number of carbonyl (C=O) groups excluding carboxylic acids is 1. The Labute approximate surface area is 118 Å². The highest BCUT2D eigenvalue weighted by molar-refractivity contribution is 6.01. The first-order valence-electron chi connectivity index (χ1n) is 6.52. The molecule has 2 rings (SSSR count). The van der Waals surface area contributed by atoms with Crippen LogP contribution >= 0.6 is 0 Å². The molecule has 106 valence electrons. The molecule has 2 aromatic rings. The molecular weight excluding hydrogens is 254 g/mol. The zero-order chi connectivity index (χ0) is 14.5. The number of ether oxygens (including phenoxy) is 2. The second-order valence-corrected chi connectivity index (χ2v) is 4.73. The van der Waals surface area contributed by atoms with E-state index in [1.165, 1.54) is 0 Å². The zero-order valence-corrected chi connectivity index (χ0v) is 12.0. The Morgan fingerprint density at radius 3 is 2.45 bits per heavy atom. The van der Waals surface area contributed by atoms with Crippen molar-refractivity contribution in [2.75, 3.05) is 20.8 Å². The molecule has 0 saturated carbocycles. The van der Waals surface area contributed by atoms with Crippen LogP contribution in [-0.4, -0.2) is 32.8 Å². The summed E-state index contributed by atoms with van der Waals surface area (Å²) in [4.78, 5) is 12.3. The van der Waals surface area contributed by atoms with Crippen molar-refractivity contribution in [2.45, 2.75) is 13.0 Å². The van der Waals surface area contributed by atoms with Gasteiger partial charge in [-0.3, -0.25) is 4.79 Å². The van der Waals surface area contributed by atoms with E-state index in [4.69, 9.17) is 9.47 Å². The van der Waals surface area contributed by atoms with E-state index in [1.54, 1.807) is 14.2 Å². The zero-order valence-electron chi connectivity index (χ0n) is 12.0. The van der Waals surface area contributed by atoms with E-state index < -0.39 is 0 Å². The number of hydrogen-bond acceptors (Lipinski definition) is 3. The van der Waals surface area contributed by atoms with Crippen LogP contribution in [0.5, 0.6) is 5.75 Å². The Kier molecular flexibility index (Phi) is 4.58. The maximum Gasteiger partial charge on any atom is 0.255 e. The van der Waals surface area contributed by atoms with Gasteiger partial charge in [-0.2, -0.15) is 0 Å². The van der Waals surface area contributed by atoms with Gasteiger partial charge in [0, 0.05) is 13.2 Å². The van der Waals surface area contributed by atoms with Gasteiger partial charge in [0.25, 0.3) is 5.91 Å². The van der Waals surface area contributed by atoms with E-state index in [0.717, 1.165) is 10.8 Å². The second-order valence-electron chi connectivity index (χ2n) is 4.73. The van der Waals surface area contributed by atoms with Crippen LogP contribution in [0.4, 0.5) is 0 Å². The van der Waals surface area contributed by atoms with Crippen LogP contribution in [0, 0.1) is 0 Å². The van der Waals surface area contributed by atoms with E-state index in [-0.39, 0.29) is 11.9 Å². The minimum absolute atomic E-state index is 0.0522. The first kappa shape index (κ1) is 14.3.